The first-order chi connectivity index (χ1) is 12.4. The quantitative estimate of drug-likeness (QED) is 0.804. The maximum absolute atomic E-state index is 12.6. The van der Waals surface area contributed by atoms with Gasteiger partial charge in [0, 0.05) is 45.5 Å². The van der Waals surface area contributed by atoms with Crippen molar-refractivity contribution >= 4 is 11.7 Å². The van der Waals surface area contributed by atoms with E-state index in [2.05, 4.69) is 9.88 Å². The van der Waals surface area contributed by atoms with Gasteiger partial charge >= 0.3 is 6.18 Å². The molecule has 0 bridgehead atoms. The van der Waals surface area contributed by atoms with Crippen molar-refractivity contribution in [3.8, 4) is 0 Å². The number of anilines is 1. The zero-order valence-electron chi connectivity index (χ0n) is 14.5. The molecule has 26 heavy (non-hydrogen) atoms. The van der Waals surface area contributed by atoms with Crippen LogP contribution in [0.3, 0.4) is 0 Å². The first kappa shape index (κ1) is 18.9. The molecule has 1 amide bonds. The lowest BCUT2D eigenvalue weighted by atomic mass is 10.2. The Bertz CT molecular complexity index is 603. The van der Waals surface area contributed by atoms with Crippen molar-refractivity contribution in [3.63, 3.8) is 0 Å². The summed E-state index contributed by atoms with van der Waals surface area (Å²) in [7, 11) is 0. The molecule has 2 saturated heterocycles. The number of rotatable bonds is 3. The van der Waals surface area contributed by atoms with E-state index in [9.17, 15) is 18.0 Å². The largest absolute Gasteiger partial charge is 0.417 e. The van der Waals surface area contributed by atoms with Crippen LogP contribution in [0.5, 0.6) is 0 Å². The first-order valence-electron chi connectivity index (χ1n) is 8.79. The minimum atomic E-state index is -4.37. The molecule has 0 atom stereocenters. The Morgan fingerprint density at radius 2 is 1.85 bits per heavy atom. The Hall–Kier alpha value is -1.87. The molecule has 9 heteroatoms. The van der Waals surface area contributed by atoms with Crippen molar-refractivity contribution in [3.05, 3.63) is 23.9 Å². The highest BCUT2D eigenvalue weighted by molar-refractivity contribution is 5.78. The van der Waals surface area contributed by atoms with Crippen molar-refractivity contribution in [1.82, 2.24) is 14.8 Å². The molecule has 3 rings (SSSR count). The van der Waals surface area contributed by atoms with E-state index in [4.69, 9.17) is 4.74 Å². The van der Waals surface area contributed by atoms with Crippen molar-refractivity contribution in [1.29, 1.82) is 0 Å². The molecule has 2 aliphatic rings. The van der Waals surface area contributed by atoms with Gasteiger partial charge in [0.25, 0.3) is 0 Å². The fourth-order valence-corrected chi connectivity index (χ4v) is 3.20. The summed E-state index contributed by atoms with van der Waals surface area (Å²) in [6.45, 7) is 5.61. The van der Waals surface area contributed by atoms with E-state index in [1.54, 1.807) is 0 Å². The summed E-state index contributed by atoms with van der Waals surface area (Å²) in [5.41, 5.74) is -0.742. The van der Waals surface area contributed by atoms with Crippen LogP contribution in [0.25, 0.3) is 0 Å². The summed E-state index contributed by atoms with van der Waals surface area (Å²) in [4.78, 5) is 22.2. The predicted octanol–water partition coefficient (Wildman–Crippen LogP) is 1.47. The third-order valence-corrected chi connectivity index (χ3v) is 4.71. The topological polar surface area (TPSA) is 48.9 Å². The van der Waals surface area contributed by atoms with Gasteiger partial charge in [0.1, 0.15) is 5.82 Å². The average molecular weight is 372 g/mol. The molecule has 0 N–H and O–H groups in total. The lowest BCUT2D eigenvalue weighted by Gasteiger charge is -2.29. The van der Waals surface area contributed by atoms with Crippen LogP contribution in [0.1, 0.15) is 12.0 Å². The SMILES string of the molecule is O=C(CN1CCCN(c2ccc(C(F)(F)F)cn2)CC1)N1CCOCC1. The molecule has 1 aromatic rings. The highest BCUT2D eigenvalue weighted by Gasteiger charge is 2.31. The number of alkyl halides is 3. The van der Waals surface area contributed by atoms with Gasteiger partial charge in [-0.25, -0.2) is 4.98 Å². The van der Waals surface area contributed by atoms with E-state index in [0.717, 1.165) is 25.2 Å². The molecule has 0 unspecified atom stereocenters. The molecule has 144 valence electrons. The van der Waals surface area contributed by atoms with Gasteiger partial charge in [-0.05, 0) is 18.6 Å². The van der Waals surface area contributed by atoms with Crippen molar-refractivity contribution in [2.24, 2.45) is 0 Å². The highest BCUT2D eigenvalue weighted by atomic mass is 19.4. The van der Waals surface area contributed by atoms with E-state index in [1.807, 2.05) is 9.80 Å². The van der Waals surface area contributed by atoms with Gasteiger partial charge in [-0.3, -0.25) is 9.69 Å². The zero-order chi connectivity index (χ0) is 18.6. The number of carbonyl (C=O) groups is 1. The van der Waals surface area contributed by atoms with Crippen LogP contribution in [0.2, 0.25) is 0 Å². The van der Waals surface area contributed by atoms with Crippen LogP contribution in [-0.4, -0.2) is 79.7 Å². The van der Waals surface area contributed by atoms with Gasteiger partial charge in [0.2, 0.25) is 5.91 Å². The molecule has 3 heterocycles. The van der Waals surface area contributed by atoms with Gasteiger partial charge in [-0.15, -0.1) is 0 Å². The second-order valence-electron chi connectivity index (χ2n) is 6.51. The molecule has 2 fully saturated rings. The molecule has 0 spiro atoms. The standard InChI is InChI=1S/C17H23F3N4O2/c18-17(19,20)14-2-3-15(21-12-14)23-5-1-4-22(6-7-23)13-16(25)24-8-10-26-11-9-24/h2-3,12H,1,4-11,13H2. The van der Waals surface area contributed by atoms with Gasteiger partial charge in [-0.1, -0.05) is 0 Å². The smallest absolute Gasteiger partial charge is 0.378 e. The van der Waals surface area contributed by atoms with Crippen LogP contribution in [0.15, 0.2) is 18.3 Å². The average Bonchev–Trinajstić information content (AvgIpc) is 2.87. The van der Waals surface area contributed by atoms with Gasteiger partial charge in [0.15, 0.2) is 0 Å². The van der Waals surface area contributed by atoms with Crippen LogP contribution in [-0.2, 0) is 15.7 Å². The minimum Gasteiger partial charge on any atom is -0.378 e. The number of ether oxygens (including phenoxy) is 1. The van der Waals surface area contributed by atoms with Crippen LogP contribution < -0.4 is 4.90 Å². The Labute approximate surface area is 150 Å². The van der Waals surface area contributed by atoms with E-state index in [-0.39, 0.29) is 5.91 Å². The molecular formula is C17H23F3N4O2. The second-order valence-corrected chi connectivity index (χ2v) is 6.51. The summed E-state index contributed by atoms with van der Waals surface area (Å²) >= 11 is 0. The maximum Gasteiger partial charge on any atom is 0.417 e. The number of hydrogen-bond acceptors (Lipinski definition) is 5. The number of hydrogen-bond donors (Lipinski definition) is 0. The summed E-state index contributed by atoms with van der Waals surface area (Å²) in [6.07, 6.45) is -2.67. The second kappa shape index (κ2) is 8.22. The predicted molar refractivity (Wildman–Crippen MR) is 89.9 cm³/mol. The van der Waals surface area contributed by atoms with Crippen molar-refractivity contribution in [2.45, 2.75) is 12.6 Å². The Morgan fingerprint density at radius 1 is 1.08 bits per heavy atom. The van der Waals surface area contributed by atoms with Crippen LogP contribution >= 0.6 is 0 Å². The third-order valence-electron chi connectivity index (χ3n) is 4.71. The maximum atomic E-state index is 12.6. The third kappa shape index (κ3) is 4.85. The zero-order valence-corrected chi connectivity index (χ0v) is 14.5. The van der Waals surface area contributed by atoms with Crippen molar-refractivity contribution < 1.29 is 22.7 Å². The number of amides is 1. The summed E-state index contributed by atoms with van der Waals surface area (Å²) < 4.78 is 43.2. The normalized spacial score (nSPS) is 20.1. The number of halogens is 3. The molecular weight excluding hydrogens is 349 g/mol. The lowest BCUT2D eigenvalue weighted by molar-refractivity contribution is -0.138. The summed E-state index contributed by atoms with van der Waals surface area (Å²) in [6, 6.07) is 2.48. The summed E-state index contributed by atoms with van der Waals surface area (Å²) in [5, 5.41) is 0. The number of pyridine rings is 1. The fraction of sp³-hybridized carbons (Fsp3) is 0.647. The van der Waals surface area contributed by atoms with Crippen molar-refractivity contribution in [2.75, 3.05) is 63.9 Å². The summed E-state index contributed by atoms with van der Waals surface area (Å²) in [5.74, 6) is 0.647. The Morgan fingerprint density at radius 3 is 2.50 bits per heavy atom. The van der Waals surface area contributed by atoms with E-state index < -0.39 is 11.7 Å². The Kier molecular flexibility index (Phi) is 5.98. The monoisotopic (exact) mass is 372 g/mol. The molecule has 6 nitrogen and oxygen atoms in total. The molecule has 0 aliphatic carbocycles. The van der Waals surface area contributed by atoms with E-state index in [0.29, 0.717) is 58.3 Å². The van der Waals surface area contributed by atoms with Gasteiger partial charge in [0.05, 0.1) is 25.3 Å². The fourth-order valence-electron chi connectivity index (χ4n) is 3.20. The molecule has 0 radical (unpaired) electrons. The number of aromatic nitrogens is 1. The van der Waals surface area contributed by atoms with Crippen LogP contribution in [0.4, 0.5) is 19.0 Å². The minimum absolute atomic E-state index is 0.106. The highest BCUT2D eigenvalue weighted by Crippen LogP contribution is 2.29. The lowest BCUT2D eigenvalue weighted by Crippen LogP contribution is -2.46. The molecule has 2 aliphatic heterocycles. The number of morpholine rings is 1. The molecule has 0 saturated carbocycles. The number of nitrogens with zero attached hydrogens (tertiary/aromatic N) is 4. The van der Waals surface area contributed by atoms with Gasteiger partial charge < -0.3 is 14.5 Å². The van der Waals surface area contributed by atoms with Crippen LogP contribution in [0, 0.1) is 0 Å². The van der Waals surface area contributed by atoms with Gasteiger partial charge in [-0.2, -0.15) is 13.2 Å². The molecule has 0 aromatic carbocycles. The van der Waals surface area contributed by atoms with E-state index >= 15 is 0 Å². The first-order valence-corrected chi connectivity index (χ1v) is 8.79. The number of carbonyl (C=O) groups excluding carboxylic acids is 1. The Balaban J connectivity index is 1.53. The van der Waals surface area contributed by atoms with E-state index in [1.165, 1.54) is 6.07 Å². The molecule has 1 aromatic heterocycles.